The highest BCUT2D eigenvalue weighted by Gasteiger charge is 2.35. The highest BCUT2D eigenvalue weighted by Crippen LogP contribution is 2.29. The van der Waals surface area contributed by atoms with Gasteiger partial charge in [-0.3, -0.25) is 4.79 Å². The van der Waals surface area contributed by atoms with E-state index in [1.54, 1.807) is 0 Å². The van der Waals surface area contributed by atoms with Crippen LogP contribution in [0, 0.1) is 11.8 Å². The lowest BCUT2D eigenvalue weighted by atomic mass is 9.89. The van der Waals surface area contributed by atoms with E-state index in [0.717, 1.165) is 51.6 Å². The van der Waals surface area contributed by atoms with Crippen LogP contribution >= 0.6 is 0 Å². The second kappa shape index (κ2) is 6.61. The molecule has 0 aromatic heterocycles. The predicted octanol–water partition coefficient (Wildman–Crippen LogP) is 2.63. The third-order valence-corrected chi connectivity index (χ3v) is 5.09. The molecule has 2 unspecified atom stereocenters. The number of carbonyl (C=O) groups is 1. The molecule has 0 radical (unpaired) electrons. The SMILES string of the molecule is O=C(C1CCCC1O)N1CCC(Cc2ccccc2)CC1. The number of benzene rings is 1. The van der Waals surface area contributed by atoms with Gasteiger partial charge in [-0.15, -0.1) is 0 Å². The lowest BCUT2D eigenvalue weighted by molar-refractivity contribution is -0.139. The van der Waals surface area contributed by atoms with E-state index in [1.807, 2.05) is 4.90 Å². The molecule has 3 heteroatoms. The molecule has 1 N–H and O–H groups in total. The van der Waals surface area contributed by atoms with Gasteiger partial charge < -0.3 is 10.0 Å². The lowest BCUT2D eigenvalue weighted by Crippen LogP contribution is -2.43. The lowest BCUT2D eigenvalue weighted by Gasteiger charge is -2.34. The third kappa shape index (κ3) is 3.46. The molecule has 1 aliphatic heterocycles. The summed E-state index contributed by atoms with van der Waals surface area (Å²) in [6.07, 6.45) is 5.54. The number of carbonyl (C=O) groups excluding carboxylic acids is 1. The maximum absolute atomic E-state index is 12.4. The number of amides is 1. The standard InChI is InChI=1S/C18H25NO2/c20-17-8-4-7-16(17)18(21)19-11-9-15(10-12-19)13-14-5-2-1-3-6-14/h1-3,5-6,15-17,20H,4,7-13H2. The Kier molecular flexibility index (Phi) is 4.59. The number of aliphatic hydroxyl groups is 1. The molecule has 3 nitrogen and oxygen atoms in total. The highest BCUT2D eigenvalue weighted by atomic mass is 16.3. The maximum Gasteiger partial charge on any atom is 0.228 e. The Morgan fingerprint density at radius 2 is 1.81 bits per heavy atom. The molecule has 1 heterocycles. The minimum Gasteiger partial charge on any atom is -0.392 e. The van der Waals surface area contributed by atoms with Gasteiger partial charge in [0.05, 0.1) is 12.0 Å². The van der Waals surface area contributed by atoms with Crippen molar-refractivity contribution in [1.29, 1.82) is 0 Å². The number of rotatable bonds is 3. The molecule has 2 aliphatic rings. The summed E-state index contributed by atoms with van der Waals surface area (Å²) in [6.45, 7) is 1.72. The van der Waals surface area contributed by atoms with Crippen molar-refractivity contribution in [3.05, 3.63) is 35.9 Å². The maximum atomic E-state index is 12.4. The van der Waals surface area contributed by atoms with E-state index in [1.165, 1.54) is 5.56 Å². The molecule has 1 saturated heterocycles. The normalized spacial score (nSPS) is 27.0. The van der Waals surface area contributed by atoms with Gasteiger partial charge in [0.15, 0.2) is 0 Å². The first-order valence-electron chi connectivity index (χ1n) is 8.25. The van der Waals surface area contributed by atoms with Crippen molar-refractivity contribution >= 4 is 5.91 Å². The summed E-state index contributed by atoms with van der Waals surface area (Å²) in [7, 11) is 0. The second-order valence-electron chi connectivity index (χ2n) is 6.56. The zero-order valence-electron chi connectivity index (χ0n) is 12.6. The zero-order chi connectivity index (χ0) is 14.7. The number of likely N-dealkylation sites (tertiary alicyclic amines) is 1. The molecule has 3 rings (SSSR count). The molecular weight excluding hydrogens is 262 g/mol. The molecule has 1 aliphatic carbocycles. The smallest absolute Gasteiger partial charge is 0.228 e. The summed E-state index contributed by atoms with van der Waals surface area (Å²) >= 11 is 0. The van der Waals surface area contributed by atoms with Crippen LogP contribution in [0.5, 0.6) is 0 Å². The van der Waals surface area contributed by atoms with Crippen LogP contribution in [0.3, 0.4) is 0 Å². The molecule has 0 spiro atoms. The predicted molar refractivity (Wildman–Crippen MR) is 82.8 cm³/mol. The van der Waals surface area contributed by atoms with E-state index in [4.69, 9.17) is 0 Å². The molecule has 1 amide bonds. The van der Waals surface area contributed by atoms with Crippen LogP contribution in [0.25, 0.3) is 0 Å². The first kappa shape index (κ1) is 14.6. The van der Waals surface area contributed by atoms with Gasteiger partial charge in [-0.1, -0.05) is 30.3 Å². The second-order valence-corrected chi connectivity index (χ2v) is 6.56. The fourth-order valence-corrected chi connectivity index (χ4v) is 3.77. The fourth-order valence-electron chi connectivity index (χ4n) is 3.77. The number of hydrogen-bond acceptors (Lipinski definition) is 2. The fraction of sp³-hybridized carbons (Fsp3) is 0.611. The van der Waals surface area contributed by atoms with E-state index in [-0.39, 0.29) is 11.8 Å². The van der Waals surface area contributed by atoms with Crippen LogP contribution in [0.2, 0.25) is 0 Å². The third-order valence-electron chi connectivity index (χ3n) is 5.09. The summed E-state index contributed by atoms with van der Waals surface area (Å²) < 4.78 is 0. The molecule has 1 aromatic carbocycles. The van der Waals surface area contributed by atoms with Crippen molar-refractivity contribution < 1.29 is 9.90 Å². The van der Waals surface area contributed by atoms with Crippen LogP contribution in [0.15, 0.2) is 30.3 Å². The largest absolute Gasteiger partial charge is 0.392 e. The summed E-state index contributed by atoms with van der Waals surface area (Å²) in [5.41, 5.74) is 1.40. The summed E-state index contributed by atoms with van der Waals surface area (Å²) in [4.78, 5) is 14.4. The summed E-state index contributed by atoms with van der Waals surface area (Å²) in [5.74, 6) is 0.749. The first-order valence-corrected chi connectivity index (χ1v) is 8.25. The van der Waals surface area contributed by atoms with E-state index >= 15 is 0 Å². The van der Waals surface area contributed by atoms with Crippen molar-refractivity contribution in [2.75, 3.05) is 13.1 Å². The Labute approximate surface area is 127 Å². The van der Waals surface area contributed by atoms with Crippen LogP contribution in [-0.2, 0) is 11.2 Å². The quantitative estimate of drug-likeness (QED) is 0.928. The monoisotopic (exact) mass is 287 g/mol. The number of nitrogens with zero attached hydrogens (tertiary/aromatic N) is 1. The first-order chi connectivity index (χ1) is 10.2. The average molecular weight is 287 g/mol. The number of aliphatic hydroxyl groups excluding tert-OH is 1. The van der Waals surface area contributed by atoms with E-state index in [0.29, 0.717) is 5.92 Å². The Morgan fingerprint density at radius 1 is 1.10 bits per heavy atom. The van der Waals surface area contributed by atoms with Crippen molar-refractivity contribution in [3.8, 4) is 0 Å². The van der Waals surface area contributed by atoms with Gasteiger partial charge in [0.2, 0.25) is 5.91 Å². The molecule has 1 saturated carbocycles. The Bertz CT molecular complexity index is 465. The van der Waals surface area contributed by atoms with Crippen molar-refractivity contribution in [3.63, 3.8) is 0 Å². The van der Waals surface area contributed by atoms with Crippen LogP contribution < -0.4 is 0 Å². The van der Waals surface area contributed by atoms with Crippen LogP contribution in [-0.4, -0.2) is 35.1 Å². The molecule has 21 heavy (non-hydrogen) atoms. The Balaban J connectivity index is 1.50. The number of hydrogen-bond donors (Lipinski definition) is 1. The average Bonchev–Trinajstić information content (AvgIpc) is 2.94. The molecular formula is C18H25NO2. The molecule has 2 fully saturated rings. The van der Waals surface area contributed by atoms with Gasteiger partial charge >= 0.3 is 0 Å². The van der Waals surface area contributed by atoms with Crippen LogP contribution in [0.4, 0.5) is 0 Å². The van der Waals surface area contributed by atoms with E-state index in [9.17, 15) is 9.90 Å². The minimum atomic E-state index is -0.403. The van der Waals surface area contributed by atoms with Crippen molar-refractivity contribution in [1.82, 2.24) is 4.90 Å². The van der Waals surface area contributed by atoms with E-state index < -0.39 is 6.10 Å². The topological polar surface area (TPSA) is 40.5 Å². The molecule has 1 aromatic rings. The number of piperidine rings is 1. The van der Waals surface area contributed by atoms with Gasteiger partial charge in [0.1, 0.15) is 0 Å². The van der Waals surface area contributed by atoms with Gasteiger partial charge in [0.25, 0.3) is 0 Å². The van der Waals surface area contributed by atoms with Gasteiger partial charge in [0, 0.05) is 13.1 Å². The Hall–Kier alpha value is -1.35. The molecule has 2 atom stereocenters. The summed E-state index contributed by atoms with van der Waals surface area (Å²) in [5, 5.41) is 9.89. The summed E-state index contributed by atoms with van der Waals surface area (Å²) in [6, 6.07) is 10.6. The Morgan fingerprint density at radius 3 is 2.43 bits per heavy atom. The van der Waals surface area contributed by atoms with Crippen molar-refractivity contribution in [2.24, 2.45) is 11.8 Å². The van der Waals surface area contributed by atoms with Gasteiger partial charge in [-0.25, -0.2) is 0 Å². The van der Waals surface area contributed by atoms with Gasteiger partial charge in [-0.2, -0.15) is 0 Å². The highest BCUT2D eigenvalue weighted by molar-refractivity contribution is 5.79. The zero-order valence-corrected chi connectivity index (χ0v) is 12.6. The van der Waals surface area contributed by atoms with Crippen LogP contribution in [0.1, 0.15) is 37.7 Å². The van der Waals surface area contributed by atoms with E-state index in [2.05, 4.69) is 30.3 Å². The van der Waals surface area contributed by atoms with Gasteiger partial charge in [-0.05, 0) is 50.0 Å². The van der Waals surface area contributed by atoms with Crippen molar-refractivity contribution in [2.45, 2.75) is 44.6 Å². The minimum absolute atomic E-state index is 0.129. The molecule has 114 valence electrons. The molecule has 0 bridgehead atoms.